The summed E-state index contributed by atoms with van der Waals surface area (Å²) in [6.45, 7) is 4.41. The number of methoxy groups -OCH3 is 1. The average Bonchev–Trinajstić information content (AvgIpc) is 2.79. The zero-order chi connectivity index (χ0) is 23.5. The second-order valence-corrected chi connectivity index (χ2v) is 8.59. The zero-order valence-corrected chi connectivity index (χ0v) is 19.6. The van der Waals surface area contributed by atoms with Gasteiger partial charge in [-0.1, -0.05) is 47.5 Å². The van der Waals surface area contributed by atoms with Crippen LogP contribution < -0.4 is 10.3 Å². The highest BCUT2D eigenvalue weighted by molar-refractivity contribution is 6.30. The molecule has 3 aromatic carbocycles. The Hall–Kier alpha value is -3.57. The normalized spacial score (nSPS) is 10.9. The van der Waals surface area contributed by atoms with Crippen molar-refractivity contribution in [1.82, 2.24) is 9.88 Å². The Balaban J connectivity index is 1.77. The van der Waals surface area contributed by atoms with E-state index < -0.39 is 0 Å². The highest BCUT2D eigenvalue weighted by atomic mass is 35.5. The molecule has 1 amide bonds. The van der Waals surface area contributed by atoms with E-state index in [1.807, 2.05) is 56.3 Å². The summed E-state index contributed by atoms with van der Waals surface area (Å²) >= 11 is 6.14. The highest BCUT2D eigenvalue weighted by Gasteiger charge is 2.20. The Labute approximate surface area is 197 Å². The van der Waals surface area contributed by atoms with E-state index in [9.17, 15) is 9.59 Å². The predicted octanol–water partition coefficient (Wildman–Crippen LogP) is 5.65. The van der Waals surface area contributed by atoms with E-state index >= 15 is 0 Å². The van der Waals surface area contributed by atoms with Crippen LogP contribution >= 0.6 is 11.6 Å². The minimum atomic E-state index is -0.219. The topological polar surface area (TPSA) is 62.4 Å². The number of aryl methyl sites for hydroxylation is 2. The molecular weight excluding hydrogens is 436 g/mol. The molecule has 168 valence electrons. The Morgan fingerprint density at radius 3 is 2.48 bits per heavy atom. The van der Waals surface area contributed by atoms with Crippen LogP contribution in [-0.2, 0) is 13.1 Å². The Kier molecular flexibility index (Phi) is 6.52. The first-order chi connectivity index (χ1) is 15.9. The maximum Gasteiger partial charge on any atom is 0.254 e. The minimum absolute atomic E-state index is 0.141. The second-order valence-electron chi connectivity index (χ2n) is 8.15. The number of nitrogens with zero attached hydrogens (tertiary/aromatic N) is 1. The van der Waals surface area contributed by atoms with Crippen LogP contribution in [0, 0.1) is 13.8 Å². The van der Waals surface area contributed by atoms with Crippen molar-refractivity contribution in [2.24, 2.45) is 0 Å². The van der Waals surface area contributed by atoms with E-state index in [0.717, 1.165) is 27.6 Å². The Morgan fingerprint density at radius 1 is 0.970 bits per heavy atom. The molecular formula is C27H25ClN2O3. The molecule has 1 aromatic heterocycles. The van der Waals surface area contributed by atoms with Gasteiger partial charge in [0.25, 0.3) is 11.5 Å². The number of para-hydroxylation sites is 1. The summed E-state index contributed by atoms with van der Waals surface area (Å²) in [4.78, 5) is 31.1. The van der Waals surface area contributed by atoms with E-state index in [2.05, 4.69) is 4.98 Å². The lowest BCUT2D eigenvalue weighted by atomic mass is 10.0. The van der Waals surface area contributed by atoms with E-state index in [4.69, 9.17) is 16.3 Å². The fourth-order valence-electron chi connectivity index (χ4n) is 4.10. The van der Waals surface area contributed by atoms with E-state index in [1.165, 1.54) is 0 Å². The third-order valence-electron chi connectivity index (χ3n) is 5.64. The monoisotopic (exact) mass is 460 g/mol. The third-order valence-corrected chi connectivity index (χ3v) is 5.88. The molecule has 0 saturated heterocycles. The molecule has 0 bridgehead atoms. The largest absolute Gasteiger partial charge is 0.496 e. The van der Waals surface area contributed by atoms with Crippen molar-refractivity contribution in [3.8, 4) is 5.75 Å². The minimum Gasteiger partial charge on any atom is -0.496 e. The number of H-pyrrole nitrogens is 1. The van der Waals surface area contributed by atoms with E-state index in [1.54, 1.807) is 36.3 Å². The summed E-state index contributed by atoms with van der Waals surface area (Å²) < 4.78 is 5.48. The number of aromatic nitrogens is 1. The molecule has 33 heavy (non-hydrogen) atoms. The standard InChI is InChI=1S/C27H25ClN2O3/c1-17-11-18(2)25-21(12-17)13-22(26(31)29-25)16-30(15-20-7-4-5-10-24(20)33-3)27(32)19-8-6-9-23(28)14-19/h4-14H,15-16H2,1-3H3,(H,29,31). The quantitative estimate of drug-likeness (QED) is 0.404. The molecule has 4 aromatic rings. The molecule has 0 aliphatic carbocycles. The number of carbonyl (C=O) groups is 1. The van der Waals surface area contributed by atoms with Crippen LogP contribution in [0.2, 0.25) is 5.02 Å². The number of amides is 1. The van der Waals surface area contributed by atoms with Crippen molar-refractivity contribution in [3.63, 3.8) is 0 Å². The number of halogens is 1. The van der Waals surface area contributed by atoms with Gasteiger partial charge in [0.1, 0.15) is 5.75 Å². The number of pyridine rings is 1. The summed E-state index contributed by atoms with van der Waals surface area (Å²) in [6, 6.07) is 20.3. The molecule has 1 heterocycles. The number of aromatic amines is 1. The van der Waals surface area contributed by atoms with Crippen molar-refractivity contribution in [1.29, 1.82) is 0 Å². The molecule has 1 N–H and O–H groups in total. The number of fused-ring (bicyclic) bond motifs is 1. The summed E-state index contributed by atoms with van der Waals surface area (Å²) in [7, 11) is 1.60. The number of hydrogen-bond donors (Lipinski definition) is 1. The highest BCUT2D eigenvalue weighted by Crippen LogP contribution is 2.23. The fourth-order valence-corrected chi connectivity index (χ4v) is 4.29. The van der Waals surface area contributed by atoms with Crippen LogP contribution in [0.15, 0.2) is 71.5 Å². The molecule has 0 radical (unpaired) electrons. The van der Waals surface area contributed by atoms with Gasteiger partial charge in [0.15, 0.2) is 0 Å². The maximum atomic E-state index is 13.5. The van der Waals surface area contributed by atoms with Gasteiger partial charge in [0, 0.05) is 28.3 Å². The molecule has 6 heteroatoms. The van der Waals surface area contributed by atoms with Gasteiger partial charge in [-0.05, 0) is 61.2 Å². The van der Waals surface area contributed by atoms with Crippen molar-refractivity contribution >= 4 is 28.4 Å². The predicted molar refractivity (Wildman–Crippen MR) is 132 cm³/mol. The molecule has 4 rings (SSSR count). The number of ether oxygens (including phenoxy) is 1. The van der Waals surface area contributed by atoms with Gasteiger partial charge in [0.05, 0.1) is 19.2 Å². The molecule has 0 saturated carbocycles. The van der Waals surface area contributed by atoms with Crippen LogP contribution in [0.25, 0.3) is 10.9 Å². The van der Waals surface area contributed by atoms with Gasteiger partial charge in [-0.2, -0.15) is 0 Å². The Morgan fingerprint density at radius 2 is 1.73 bits per heavy atom. The number of benzene rings is 3. The third kappa shape index (κ3) is 4.94. The van der Waals surface area contributed by atoms with E-state index in [-0.39, 0.29) is 24.6 Å². The number of nitrogens with one attached hydrogen (secondary N) is 1. The fraction of sp³-hybridized carbons (Fsp3) is 0.185. The van der Waals surface area contributed by atoms with Gasteiger partial charge in [-0.3, -0.25) is 9.59 Å². The summed E-state index contributed by atoms with van der Waals surface area (Å²) in [5, 5.41) is 1.42. The van der Waals surface area contributed by atoms with Crippen molar-refractivity contribution in [3.05, 3.63) is 110 Å². The first kappa shape index (κ1) is 22.6. The van der Waals surface area contributed by atoms with Crippen LogP contribution in [0.4, 0.5) is 0 Å². The van der Waals surface area contributed by atoms with Gasteiger partial charge in [0.2, 0.25) is 0 Å². The molecule has 0 atom stereocenters. The average molecular weight is 461 g/mol. The summed E-state index contributed by atoms with van der Waals surface area (Å²) in [5.74, 6) is 0.461. The van der Waals surface area contributed by atoms with Crippen LogP contribution in [-0.4, -0.2) is 22.9 Å². The smallest absolute Gasteiger partial charge is 0.254 e. The summed E-state index contributed by atoms with van der Waals surface area (Å²) in [5.41, 5.74) is 4.54. The van der Waals surface area contributed by atoms with Gasteiger partial charge in [-0.15, -0.1) is 0 Å². The Bertz CT molecular complexity index is 1390. The first-order valence-electron chi connectivity index (χ1n) is 10.7. The van der Waals surface area contributed by atoms with Gasteiger partial charge < -0.3 is 14.6 Å². The summed E-state index contributed by atoms with van der Waals surface area (Å²) in [6.07, 6.45) is 0. The van der Waals surface area contributed by atoms with Crippen molar-refractivity contribution in [2.45, 2.75) is 26.9 Å². The molecule has 0 aliphatic rings. The van der Waals surface area contributed by atoms with Crippen LogP contribution in [0.3, 0.4) is 0 Å². The number of rotatable bonds is 6. The first-order valence-corrected chi connectivity index (χ1v) is 11.0. The van der Waals surface area contributed by atoms with Gasteiger partial charge in [-0.25, -0.2) is 0 Å². The van der Waals surface area contributed by atoms with Crippen molar-refractivity contribution in [2.75, 3.05) is 7.11 Å². The van der Waals surface area contributed by atoms with Crippen LogP contribution in [0.1, 0.15) is 32.6 Å². The number of carbonyl (C=O) groups excluding carboxylic acids is 1. The number of hydrogen-bond acceptors (Lipinski definition) is 3. The lowest BCUT2D eigenvalue weighted by Crippen LogP contribution is -2.32. The molecule has 0 unspecified atom stereocenters. The van der Waals surface area contributed by atoms with Crippen LogP contribution in [0.5, 0.6) is 5.75 Å². The lowest BCUT2D eigenvalue weighted by Gasteiger charge is -2.24. The maximum absolute atomic E-state index is 13.5. The lowest BCUT2D eigenvalue weighted by molar-refractivity contribution is 0.0728. The second kappa shape index (κ2) is 9.51. The van der Waals surface area contributed by atoms with E-state index in [0.29, 0.717) is 21.9 Å². The molecule has 5 nitrogen and oxygen atoms in total. The molecule has 0 aliphatic heterocycles. The molecule has 0 spiro atoms. The zero-order valence-electron chi connectivity index (χ0n) is 18.8. The van der Waals surface area contributed by atoms with Gasteiger partial charge >= 0.3 is 0 Å². The SMILES string of the molecule is COc1ccccc1CN(Cc1cc2cc(C)cc(C)c2[nH]c1=O)C(=O)c1cccc(Cl)c1. The molecule has 0 fully saturated rings. The van der Waals surface area contributed by atoms with Crippen molar-refractivity contribution < 1.29 is 9.53 Å².